The van der Waals surface area contributed by atoms with Gasteiger partial charge in [0, 0.05) is 18.2 Å². The molecule has 0 atom stereocenters. The monoisotopic (exact) mass is 305 g/mol. The largest absolute Gasteiger partial charge is 0.489 e. The smallest absolute Gasteiger partial charge is 0.142 e. The molecule has 21 heavy (non-hydrogen) atoms. The molecule has 0 bridgehead atoms. The number of hydrogen-bond donors (Lipinski definition) is 1. The van der Waals surface area contributed by atoms with Gasteiger partial charge >= 0.3 is 0 Å². The van der Waals surface area contributed by atoms with Crippen LogP contribution in [0.3, 0.4) is 0 Å². The maximum Gasteiger partial charge on any atom is 0.142 e. The van der Waals surface area contributed by atoms with Crippen molar-refractivity contribution in [1.82, 2.24) is 0 Å². The highest BCUT2D eigenvalue weighted by Gasteiger charge is 2.03. The molecule has 0 unspecified atom stereocenters. The second-order valence-electron chi connectivity index (χ2n) is 4.53. The van der Waals surface area contributed by atoms with Crippen molar-refractivity contribution in [2.75, 3.05) is 25.1 Å². The molecule has 2 rings (SSSR count). The summed E-state index contributed by atoms with van der Waals surface area (Å²) in [5.74, 6) is 0.833. The van der Waals surface area contributed by atoms with E-state index in [1.165, 1.54) is 0 Å². The average molecular weight is 306 g/mol. The van der Waals surface area contributed by atoms with Gasteiger partial charge in [-0.2, -0.15) is 0 Å². The highest BCUT2D eigenvalue weighted by molar-refractivity contribution is 6.30. The van der Waals surface area contributed by atoms with E-state index in [2.05, 4.69) is 5.32 Å². The molecule has 0 amide bonds. The Morgan fingerprint density at radius 2 is 1.90 bits per heavy atom. The van der Waals surface area contributed by atoms with Gasteiger partial charge in [-0.25, -0.2) is 0 Å². The van der Waals surface area contributed by atoms with E-state index in [1.54, 1.807) is 0 Å². The predicted molar refractivity (Wildman–Crippen MR) is 87.2 cm³/mol. The van der Waals surface area contributed by atoms with Crippen LogP contribution in [0.2, 0.25) is 5.02 Å². The first-order chi connectivity index (χ1) is 10.3. The van der Waals surface area contributed by atoms with E-state index >= 15 is 0 Å². The molecule has 0 saturated carbocycles. The van der Waals surface area contributed by atoms with Gasteiger partial charge in [-0.15, -0.1) is 0 Å². The number of anilines is 1. The van der Waals surface area contributed by atoms with Gasteiger partial charge in [0.2, 0.25) is 0 Å². The Balaban J connectivity index is 1.93. The van der Waals surface area contributed by atoms with E-state index in [9.17, 15) is 0 Å². The molecule has 0 aromatic heterocycles. The topological polar surface area (TPSA) is 30.5 Å². The third kappa shape index (κ3) is 5.29. The quantitative estimate of drug-likeness (QED) is 0.735. The van der Waals surface area contributed by atoms with Gasteiger partial charge in [-0.3, -0.25) is 0 Å². The number of rotatable bonds is 8. The number of ether oxygens (including phenoxy) is 2. The molecule has 2 aromatic carbocycles. The first-order valence-electron chi connectivity index (χ1n) is 7.07. The summed E-state index contributed by atoms with van der Waals surface area (Å²) in [6, 6.07) is 15.7. The maximum absolute atomic E-state index is 5.99. The van der Waals surface area contributed by atoms with Crippen LogP contribution in [-0.4, -0.2) is 19.8 Å². The van der Waals surface area contributed by atoms with E-state index in [0.29, 0.717) is 26.4 Å². The normalized spacial score (nSPS) is 10.4. The van der Waals surface area contributed by atoms with E-state index in [0.717, 1.165) is 22.0 Å². The van der Waals surface area contributed by atoms with Gasteiger partial charge in [0.1, 0.15) is 12.4 Å². The molecule has 0 fully saturated rings. The van der Waals surface area contributed by atoms with Gasteiger partial charge in [0.15, 0.2) is 0 Å². The molecule has 0 spiro atoms. The lowest BCUT2D eigenvalue weighted by Crippen LogP contribution is -2.08. The summed E-state index contributed by atoms with van der Waals surface area (Å²) in [5.41, 5.74) is 2.10. The highest BCUT2D eigenvalue weighted by atomic mass is 35.5. The lowest BCUT2D eigenvalue weighted by molar-refractivity contribution is 0.110. The van der Waals surface area contributed by atoms with Crippen LogP contribution in [0.5, 0.6) is 5.75 Å². The molecule has 4 heteroatoms. The number of halogens is 1. The number of nitrogens with one attached hydrogen (secondary N) is 1. The standard InChI is InChI=1S/C17H20ClNO2/c1-2-20-10-11-21-17-9-4-3-8-16(17)19-13-14-6-5-7-15(18)12-14/h3-9,12,19H,2,10-11,13H2,1H3. The minimum atomic E-state index is 0.545. The minimum absolute atomic E-state index is 0.545. The minimum Gasteiger partial charge on any atom is -0.489 e. The average Bonchev–Trinajstić information content (AvgIpc) is 2.50. The Morgan fingerprint density at radius 3 is 2.71 bits per heavy atom. The fourth-order valence-electron chi connectivity index (χ4n) is 1.94. The van der Waals surface area contributed by atoms with Gasteiger partial charge in [0.05, 0.1) is 12.3 Å². The van der Waals surface area contributed by atoms with Crippen LogP contribution in [-0.2, 0) is 11.3 Å². The first-order valence-corrected chi connectivity index (χ1v) is 7.45. The van der Waals surface area contributed by atoms with Gasteiger partial charge in [-0.1, -0.05) is 35.9 Å². The van der Waals surface area contributed by atoms with Crippen LogP contribution in [0.1, 0.15) is 12.5 Å². The Morgan fingerprint density at radius 1 is 1.05 bits per heavy atom. The summed E-state index contributed by atoms with van der Waals surface area (Å²) in [6.45, 7) is 4.52. The molecule has 0 heterocycles. The van der Waals surface area contributed by atoms with Crippen molar-refractivity contribution in [3.63, 3.8) is 0 Å². The first kappa shape index (κ1) is 15.7. The van der Waals surface area contributed by atoms with Gasteiger partial charge in [0.25, 0.3) is 0 Å². The molecular formula is C17H20ClNO2. The zero-order valence-electron chi connectivity index (χ0n) is 12.1. The van der Waals surface area contributed by atoms with E-state index < -0.39 is 0 Å². The fraction of sp³-hybridized carbons (Fsp3) is 0.294. The van der Waals surface area contributed by atoms with Crippen LogP contribution in [0, 0.1) is 0 Å². The van der Waals surface area contributed by atoms with Crippen molar-refractivity contribution in [2.45, 2.75) is 13.5 Å². The van der Waals surface area contributed by atoms with Crippen LogP contribution in [0.25, 0.3) is 0 Å². The predicted octanol–water partition coefficient (Wildman–Crippen LogP) is 4.37. The molecule has 0 aliphatic rings. The summed E-state index contributed by atoms with van der Waals surface area (Å²) < 4.78 is 11.0. The lowest BCUT2D eigenvalue weighted by Gasteiger charge is -2.13. The van der Waals surface area contributed by atoms with Crippen molar-refractivity contribution < 1.29 is 9.47 Å². The van der Waals surface area contributed by atoms with Crippen LogP contribution in [0.4, 0.5) is 5.69 Å². The molecular weight excluding hydrogens is 286 g/mol. The third-order valence-corrected chi connectivity index (χ3v) is 3.18. The molecule has 0 aliphatic carbocycles. The zero-order chi connectivity index (χ0) is 14.9. The summed E-state index contributed by atoms with van der Waals surface area (Å²) in [6.07, 6.45) is 0. The Kier molecular flexibility index (Phi) is 6.38. The summed E-state index contributed by atoms with van der Waals surface area (Å²) in [7, 11) is 0. The molecule has 3 nitrogen and oxygen atoms in total. The zero-order valence-corrected chi connectivity index (χ0v) is 12.9. The maximum atomic E-state index is 5.99. The lowest BCUT2D eigenvalue weighted by atomic mass is 10.2. The molecule has 1 N–H and O–H groups in total. The number of hydrogen-bond acceptors (Lipinski definition) is 3. The number of para-hydroxylation sites is 2. The summed E-state index contributed by atoms with van der Waals surface area (Å²) in [4.78, 5) is 0. The Bertz CT molecular complexity index is 560. The second-order valence-corrected chi connectivity index (χ2v) is 4.96. The van der Waals surface area contributed by atoms with E-state index in [1.807, 2.05) is 55.5 Å². The van der Waals surface area contributed by atoms with Crippen molar-refractivity contribution in [2.24, 2.45) is 0 Å². The molecule has 112 valence electrons. The summed E-state index contributed by atoms with van der Waals surface area (Å²) in [5, 5.41) is 4.12. The highest BCUT2D eigenvalue weighted by Crippen LogP contribution is 2.24. The molecule has 2 aromatic rings. The van der Waals surface area contributed by atoms with Crippen LogP contribution < -0.4 is 10.1 Å². The Hall–Kier alpha value is -1.71. The van der Waals surface area contributed by atoms with Gasteiger partial charge < -0.3 is 14.8 Å². The van der Waals surface area contributed by atoms with Crippen molar-refractivity contribution in [3.05, 3.63) is 59.1 Å². The number of benzene rings is 2. The van der Waals surface area contributed by atoms with Crippen LogP contribution in [0.15, 0.2) is 48.5 Å². The molecule has 0 aliphatic heterocycles. The van der Waals surface area contributed by atoms with Gasteiger partial charge in [-0.05, 0) is 36.8 Å². The van der Waals surface area contributed by atoms with Crippen LogP contribution >= 0.6 is 11.6 Å². The Labute approximate surface area is 130 Å². The van der Waals surface area contributed by atoms with E-state index in [-0.39, 0.29) is 0 Å². The van der Waals surface area contributed by atoms with Crippen molar-refractivity contribution >= 4 is 17.3 Å². The fourth-order valence-corrected chi connectivity index (χ4v) is 2.15. The second kappa shape index (κ2) is 8.55. The third-order valence-electron chi connectivity index (χ3n) is 2.95. The summed E-state index contributed by atoms with van der Waals surface area (Å²) >= 11 is 5.99. The SMILES string of the molecule is CCOCCOc1ccccc1NCc1cccc(Cl)c1. The van der Waals surface area contributed by atoms with Crippen molar-refractivity contribution in [1.29, 1.82) is 0 Å². The molecule has 0 saturated heterocycles. The van der Waals surface area contributed by atoms with Crippen molar-refractivity contribution in [3.8, 4) is 5.75 Å². The molecule has 0 radical (unpaired) electrons. The van der Waals surface area contributed by atoms with E-state index in [4.69, 9.17) is 21.1 Å².